The van der Waals surface area contributed by atoms with Crippen LogP contribution < -0.4 is 11.1 Å². The van der Waals surface area contributed by atoms with Crippen LogP contribution in [0.1, 0.15) is 34.6 Å². The molecule has 1 aliphatic heterocycles. The maximum absolute atomic E-state index is 11.5. The first-order valence-corrected chi connectivity index (χ1v) is 5.84. The first-order valence-electron chi connectivity index (χ1n) is 4.96. The molecule has 14 heavy (non-hydrogen) atoms. The van der Waals surface area contributed by atoms with Gasteiger partial charge in [0.05, 0.1) is 11.6 Å². The highest BCUT2D eigenvalue weighted by molar-refractivity contribution is 8.03. The van der Waals surface area contributed by atoms with E-state index in [1.54, 1.807) is 6.92 Å². The summed E-state index contributed by atoms with van der Waals surface area (Å²) in [5.74, 6) is -0.0623. The topological polar surface area (TPSA) is 55.1 Å². The Morgan fingerprint density at radius 1 is 1.50 bits per heavy atom. The Morgan fingerprint density at radius 2 is 2.00 bits per heavy atom. The van der Waals surface area contributed by atoms with E-state index in [-0.39, 0.29) is 16.2 Å². The van der Waals surface area contributed by atoms with Gasteiger partial charge in [-0.25, -0.2) is 0 Å². The predicted molar refractivity (Wildman–Crippen MR) is 61.3 cm³/mol. The Morgan fingerprint density at radius 3 is 2.29 bits per heavy atom. The van der Waals surface area contributed by atoms with Crippen molar-refractivity contribution in [2.24, 2.45) is 5.73 Å². The minimum atomic E-state index is -0.430. The van der Waals surface area contributed by atoms with E-state index in [2.05, 4.69) is 33.0 Å². The standard InChI is InChI=1S/C10H20N2OS/c1-6(11)8(13)12-10(5)7(2)14-9(10,3)4/h6-7H,11H2,1-5H3,(H,12,13)/t6-,7?,10?/m1/s1. The summed E-state index contributed by atoms with van der Waals surface area (Å²) in [4.78, 5) is 11.5. The van der Waals surface area contributed by atoms with Crippen LogP contribution in [0.2, 0.25) is 0 Å². The van der Waals surface area contributed by atoms with E-state index in [4.69, 9.17) is 5.73 Å². The summed E-state index contributed by atoms with van der Waals surface area (Å²) in [6.07, 6.45) is 0. The highest BCUT2D eigenvalue weighted by Gasteiger charge is 2.57. The smallest absolute Gasteiger partial charge is 0.237 e. The molecule has 0 aromatic rings. The van der Waals surface area contributed by atoms with Crippen LogP contribution in [-0.2, 0) is 4.79 Å². The third-order valence-corrected chi connectivity index (χ3v) is 5.17. The van der Waals surface area contributed by atoms with Gasteiger partial charge in [-0.1, -0.05) is 6.92 Å². The van der Waals surface area contributed by atoms with E-state index in [0.717, 1.165) is 0 Å². The van der Waals surface area contributed by atoms with E-state index in [0.29, 0.717) is 5.25 Å². The highest BCUT2D eigenvalue weighted by Crippen LogP contribution is 2.54. The molecular weight excluding hydrogens is 196 g/mol. The Bertz CT molecular complexity index is 253. The first kappa shape index (κ1) is 11.9. The number of hydrogen-bond donors (Lipinski definition) is 2. The number of nitrogens with two attached hydrogens (primary N) is 1. The average molecular weight is 216 g/mol. The number of nitrogens with one attached hydrogen (secondary N) is 1. The molecule has 3 N–H and O–H groups in total. The number of carbonyl (C=O) groups is 1. The predicted octanol–water partition coefficient (Wildman–Crippen LogP) is 1.12. The maximum Gasteiger partial charge on any atom is 0.237 e. The van der Waals surface area contributed by atoms with Crippen molar-refractivity contribution in [2.75, 3.05) is 0 Å². The van der Waals surface area contributed by atoms with Gasteiger partial charge in [0.2, 0.25) is 5.91 Å². The summed E-state index contributed by atoms with van der Waals surface area (Å²) in [6.45, 7) is 10.2. The quantitative estimate of drug-likeness (QED) is 0.727. The molecule has 0 saturated carbocycles. The van der Waals surface area contributed by atoms with Crippen molar-refractivity contribution in [1.82, 2.24) is 5.32 Å². The maximum atomic E-state index is 11.5. The lowest BCUT2D eigenvalue weighted by molar-refractivity contribution is -0.124. The second kappa shape index (κ2) is 3.42. The second-order valence-corrected chi connectivity index (χ2v) is 6.71. The molecule has 1 heterocycles. The summed E-state index contributed by atoms with van der Waals surface area (Å²) < 4.78 is 0.0942. The fourth-order valence-corrected chi connectivity index (χ4v) is 3.50. The van der Waals surface area contributed by atoms with E-state index in [1.165, 1.54) is 0 Å². The zero-order valence-corrected chi connectivity index (χ0v) is 10.4. The van der Waals surface area contributed by atoms with Crippen LogP contribution in [0, 0.1) is 0 Å². The molecule has 0 spiro atoms. The monoisotopic (exact) mass is 216 g/mol. The normalized spacial score (nSPS) is 37.1. The van der Waals surface area contributed by atoms with Crippen molar-refractivity contribution < 1.29 is 4.79 Å². The molecule has 1 amide bonds. The van der Waals surface area contributed by atoms with E-state index in [9.17, 15) is 4.79 Å². The third-order valence-electron chi connectivity index (χ3n) is 3.33. The molecular formula is C10H20N2OS. The number of carbonyl (C=O) groups excluding carboxylic acids is 1. The largest absolute Gasteiger partial charge is 0.347 e. The molecule has 4 heteroatoms. The molecule has 0 aromatic heterocycles. The summed E-state index contributed by atoms with van der Waals surface area (Å²) in [6, 6.07) is -0.430. The van der Waals surface area contributed by atoms with Crippen molar-refractivity contribution in [3.63, 3.8) is 0 Å². The zero-order valence-electron chi connectivity index (χ0n) is 9.55. The van der Waals surface area contributed by atoms with Gasteiger partial charge in [0.1, 0.15) is 0 Å². The molecule has 1 rings (SSSR count). The van der Waals surface area contributed by atoms with Gasteiger partial charge in [0.25, 0.3) is 0 Å². The van der Waals surface area contributed by atoms with Gasteiger partial charge >= 0.3 is 0 Å². The van der Waals surface area contributed by atoms with E-state index >= 15 is 0 Å². The average Bonchev–Trinajstić information content (AvgIpc) is 2.03. The van der Waals surface area contributed by atoms with Crippen LogP contribution in [0.25, 0.3) is 0 Å². The number of hydrogen-bond acceptors (Lipinski definition) is 3. The summed E-state index contributed by atoms with van der Waals surface area (Å²) in [7, 11) is 0. The Labute approximate surface area is 90.2 Å². The zero-order chi connectivity index (χ0) is 11.1. The fraction of sp³-hybridized carbons (Fsp3) is 0.900. The third kappa shape index (κ3) is 1.65. The van der Waals surface area contributed by atoms with E-state index in [1.807, 2.05) is 11.8 Å². The van der Waals surface area contributed by atoms with Crippen LogP contribution >= 0.6 is 11.8 Å². The summed E-state index contributed by atoms with van der Waals surface area (Å²) in [5, 5.41) is 3.49. The van der Waals surface area contributed by atoms with Crippen LogP contribution in [0.15, 0.2) is 0 Å². The van der Waals surface area contributed by atoms with Gasteiger partial charge in [-0.3, -0.25) is 4.79 Å². The van der Waals surface area contributed by atoms with Crippen molar-refractivity contribution in [3.8, 4) is 0 Å². The number of amides is 1. The Hall–Kier alpha value is -0.220. The SMILES string of the molecule is CC1SC(C)(C)C1(C)NC(=O)[C@@H](C)N. The van der Waals surface area contributed by atoms with Crippen LogP contribution in [0.5, 0.6) is 0 Å². The molecule has 1 fully saturated rings. The van der Waals surface area contributed by atoms with E-state index < -0.39 is 6.04 Å². The second-order valence-electron chi connectivity index (χ2n) is 4.75. The number of thioether (sulfide) groups is 1. The van der Waals surface area contributed by atoms with Gasteiger partial charge in [0, 0.05) is 10.00 Å². The number of rotatable bonds is 2. The Kier molecular flexibility index (Phi) is 2.89. The van der Waals surface area contributed by atoms with Crippen molar-refractivity contribution in [3.05, 3.63) is 0 Å². The molecule has 1 aliphatic rings. The first-order chi connectivity index (χ1) is 6.21. The molecule has 1 saturated heterocycles. The molecule has 3 nitrogen and oxygen atoms in total. The summed E-state index contributed by atoms with van der Waals surface area (Å²) >= 11 is 1.89. The van der Waals surface area contributed by atoms with Gasteiger partial charge < -0.3 is 11.1 Å². The molecule has 0 radical (unpaired) electrons. The lowest BCUT2D eigenvalue weighted by Gasteiger charge is -2.58. The lowest BCUT2D eigenvalue weighted by Crippen LogP contribution is -2.72. The fourth-order valence-electron chi connectivity index (χ4n) is 1.74. The molecule has 0 aromatic carbocycles. The van der Waals surface area contributed by atoms with Crippen LogP contribution in [0.4, 0.5) is 0 Å². The Balaban J connectivity index is 2.71. The van der Waals surface area contributed by atoms with Crippen molar-refractivity contribution in [2.45, 2.75) is 56.2 Å². The van der Waals surface area contributed by atoms with Crippen molar-refractivity contribution in [1.29, 1.82) is 0 Å². The molecule has 0 bridgehead atoms. The molecule has 3 atom stereocenters. The van der Waals surface area contributed by atoms with Crippen molar-refractivity contribution >= 4 is 17.7 Å². The lowest BCUT2D eigenvalue weighted by atomic mass is 9.82. The van der Waals surface area contributed by atoms with Gasteiger partial charge in [-0.05, 0) is 27.7 Å². The van der Waals surface area contributed by atoms with Gasteiger partial charge in [0.15, 0.2) is 0 Å². The van der Waals surface area contributed by atoms with Gasteiger partial charge in [-0.15, -0.1) is 11.8 Å². The molecule has 0 aliphatic carbocycles. The highest BCUT2D eigenvalue weighted by atomic mass is 32.2. The minimum Gasteiger partial charge on any atom is -0.347 e. The van der Waals surface area contributed by atoms with Gasteiger partial charge in [-0.2, -0.15) is 0 Å². The van der Waals surface area contributed by atoms with Crippen LogP contribution in [-0.4, -0.2) is 27.5 Å². The molecule has 2 unspecified atom stereocenters. The minimum absolute atomic E-state index is 0.0623. The van der Waals surface area contributed by atoms with Crippen LogP contribution in [0.3, 0.4) is 0 Å². The molecule has 82 valence electrons. The summed E-state index contributed by atoms with van der Waals surface area (Å²) in [5.41, 5.74) is 5.40.